The summed E-state index contributed by atoms with van der Waals surface area (Å²) >= 11 is 0. The van der Waals surface area contributed by atoms with Crippen LogP contribution in [0.1, 0.15) is 42.5 Å². The Labute approximate surface area is 162 Å². The summed E-state index contributed by atoms with van der Waals surface area (Å²) in [6, 6.07) is 19.6. The first-order chi connectivity index (χ1) is 13.0. The smallest absolute Gasteiger partial charge is 0.0459 e. The van der Waals surface area contributed by atoms with Gasteiger partial charge >= 0.3 is 0 Å². The van der Waals surface area contributed by atoms with Gasteiger partial charge in [0.05, 0.1) is 0 Å². The van der Waals surface area contributed by atoms with Crippen molar-refractivity contribution >= 4 is 10.9 Å². The first-order valence-electron chi connectivity index (χ1n) is 10.0. The molecule has 0 radical (unpaired) electrons. The molecule has 0 amide bonds. The topological polar surface area (TPSA) is 45.0 Å². The van der Waals surface area contributed by atoms with E-state index in [1.54, 1.807) is 0 Å². The minimum Gasteiger partial charge on any atom is -0.358 e. The first kappa shape index (κ1) is 18.3. The highest BCUT2D eigenvalue weighted by Crippen LogP contribution is 2.49. The van der Waals surface area contributed by atoms with Crippen molar-refractivity contribution in [3.63, 3.8) is 0 Å². The molecule has 0 atom stereocenters. The van der Waals surface area contributed by atoms with E-state index < -0.39 is 0 Å². The summed E-state index contributed by atoms with van der Waals surface area (Å²) in [5, 5.41) is 1.33. The van der Waals surface area contributed by atoms with Gasteiger partial charge in [-0.1, -0.05) is 48.5 Å². The Hall–Kier alpha value is -2.10. The average Bonchev–Trinajstić information content (AvgIpc) is 3.06. The van der Waals surface area contributed by atoms with Crippen molar-refractivity contribution in [1.29, 1.82) is 0 Å². The maximum Gasteiger partial charge on any atom is 0.0459 e. The number of H-pyrrole nitrogens is 1. The molecule has 3 N–H and O–H groups in total. The number of rotatable bonds is 4. The van der Waals surface area contributed by atoms with E-state index in [0.717, 1.165) is 25.7 Å². The molecule has 3 heteroatoms. The summed E-state index contributed by atoms with van der Waals surface area (Å²) in [7, 11) is 4.44. The molecule has 3 nitrogen and oxygen atoms in total. The molecular weight excluding hydrogens is 330 g/mol. The predicted octanol–water partition coefficient (Wildman–Crippen LogP) is 4.70. The van der Waals surface area contributed by atoms with Crippen LogP contribution in [-0.2, 0) is 11.0 Å². The molecule has 2 aromatic carbocycles. The molecule has 0 saturated heterocycles. The van der Waals surface area contributed by atoms with E-state index >= 15 is 0 Å². The lowest BCUT2D eigenvalue weighted by molar-refractivity contribution is 0.0656. The highest BCUT2D eigenvalue weighted by atomic mass is 15.1. The van der Waals surface area contributed by atoms with Crippen LogP contribution in [0.5, 0.6) is 0 Å². The molecule has 27 heavy (non-hydrogen) atoms. The number of nitrogens with two attached hydrogens (primary N) is 1. The summed E-state index contributed by atoms with van der Waals surface area (Å²) in [5.41, 5.74) is 11.9. The van der Waals surface area contributed by atoms with Crippen molar-refractivity contribution in [2.75, 3.05) is 20.6 Å². The van der Waals surface area contributed by atoms with Gasteiger partial charge in [-0.05, 0) is 63.9 Å². The predicted molar refractivity (Wildman–Crippen MR) is 114 cm³/mol. The lowest BCUT2D eigenvalue weighted by atomic mass is 9.63. The lowest BCUT2D eigenvalue weighted by Gasteiger charge is -2.50. The number of nitrogens with zero attached hydrogens (tertiary/aromatic N) is 1. The molecule has 4 rings (SSSR count). The van der Waals surface area contributed by atoms with E-state index in [-0.39, 0.29) is 11.0 Å². The molecule has 0 unspecified atom stereocenters. The van der Waals surface area contributed by atoms with E-state index in [0.29, 0.717) is 6.54 Å². The zero-order valence-electron chi connectivity index (χ0n) is 16.8. The van der Waals surface area contributed by atoms with E-state index in [1.807, 2.05) is 0 Å². The van der Waals surface area contributed by atoms with Crippen LogP contribution in [0.25, 0.3) is 10.9 Å². The number of aromatic nitrogens is 1. The fourth-order valence-corrected chi connectivity index (χ4v) is 5.25. The summed E-state index contributed by atoms with van der Waals surface area (Å²) in [6.45, 7) is 2.94. The van der Waals surface area contributed by atoms with Gasteiger partial charge in [-0.15, -0.1) is 0 Å². The molecule has 0 spiro atoms. The third-order valence-corrected chi connectivity index (χ3v) is 7.09. The van der Waals surface area contributed by atoms with E-state index in [4.69, 9.17) is 5.73 Å². The van der Waals surface area contributed by atoms with Crippen LogP contribution in [0.4, 0.5) is 0 Å². The minimum atomic E-state index is 0.0391. The van der Waals surface area contributed by atoms with Crippen molar-refractivity contribution in [1.82, 2.24) is 9.88 Å². The lowest BCUT2D eigenvalue weighted by Crippen LogP contribution is -2.50. The van der Waals surface area contributed by atoms with Crippen LogP contribution < -0.4 is 5.73 Å². The number of nitrogens with one attached hydrogen (secondary N) is 1. The normalized spacial score (nSPS) is 26.0. The van der Waals surface area contributed by atoms with Gasteiger partial charge in [0.25, 0.3) is 0 Å². The van der Waals surface area contributed by atoms with Gasteiger partial charge in [0, 0.05) is 34.1 Å². The molecule has 3 aromatic rings. The maximum absolute atomic E-state index is 6.43. The van der Waals surface area contributed by atoms with Crippen molar-refractivity contribution < 1.29 is 0 Å². The fraction of sp³-hybridized carbons (Fsp3) is 0.417. The number of para-hydroxylation sites is 1. The molecule has 0 bridgehead atoms. The molecule has 1 heterocycles. The van der Waals surface area contributed by atoms with Gasteiger partial charge in [0.15, 0.2) is 0 Å². The van der Waals surface area contributed by atoms with Crippen molar-refractivity contribution in [3.8, 4) is 0 Å². The van der Waals surface area contributed by atoms with E-state index in [1.165, 1.54) is 27.7 Å². The quantitative estimate of drug-likeness (QED) is 0.707. The third-order valence-electron chi connectivity index (χ3n) is 7.09. The van der Waals surface area contributed by atoms with Crippen molar-refractivity contribution in [2.24, 2.45) is 5.73 Å². The Morgan fingerprint density at radius 3 is 2.15 bits per heavy atom. The number of fused-ring (bicyclic) bond motifs is 1. The van der Waals surface area contributed by atoms with Crippen molar-refractivity contribution in [3.05, 3.63) is 71.4 Å². The Balaban J connectivity index is 1.72. The van der Waals surface area contributed by atoms with E-state index in [9.17, 15) is 0 Å². The largest absolute Gasteiger partial charge is 0.358 e. The second-order valence-corrected chi connectivity index (χ2v) is 8.45. The number of benzene rings is 2. The second-order valence-electron chi connectivity index (χ2n) is 8.45. The third kappa shape index (κ3) is 2.81. The van der Waals surface area contributed by atoms with Gasteiger partial charge < -0.3 is 10.7 Å². The van der Waals surface area contributed by atoms with Gasteiger partial charge in [-0.2, -0.15) is 0 Å². The number of aryl methyl sites for hydroxylation is 1. The Morgan fingerprint density at radius 1 is 0.926 bits per heavy atom. The first-order valence-corrected chi connectivity index (χ1v) is 10.0. The monoisotopic (exact) mass is 361 g/mol. The molecule has 1 saturated carbocycles. The van der Waals surface area contributed by atoms with E-state index in [2.05, 4.69) is 85.5 Å². The van der Waals surface area contributed by atoms with Crippen LogP contribution in [-0.4, -0.2) is 30.5 Å². The highest BCUT2D eigenvalue weighted by Gasteiger charge is 2.46. The standard InChI is InChI=1S/C24H31N3/c1-18-20-11-7-8-12-21(20)26-22(18)23(17-25)13-15-24(16-14-23,27(2)3)19-9-5-4-6-10-19/h4-12,26H,13-17,25H2,1-3H3. The summed E-state index contributed by atoms with van der Waals surface area (Å²) in [5.74, 6) is 0. The van der Waals surface area contributed by atoms with Crippen LogP contribution in [0.2, 0.25) is 0 Å². The van der Waals surface area contributed by atoms with Gasteiger partial charge in [-0.25, -0.2) is 0 Å². The molecule has 142 valence electrons. The molecule has 1 aliphatic rings. The fourth-order valence-electron chi connectivity index (χ4n) is 5.25. The second kappa shape index (κ2) is 6.81. The average molecular weight is 362 g/mol. The maximum atomic E-state index is 6.43. The number of hydrogen-bond donors (Lipinski definition) is 2. The van der Waals surface area contributed by atoms with Gasteiger partial charge in [0.1, 0.15) is 0 Å². The zero-order valence-corrected chi connectivity index (χ0v) is 16.8. The Kier molecular flexibility index (Phi) is 4.61. The van der Waals surface area contributed by atoms with Crippen LogP contribution >= 0.6 is 0 Å². The van der Waals surface area contributed by atoms with Gasteiger partial charge in [0.2, 0.25) is 0 Å². The summed E-state index contributed by atoms with van der Waals surface area (Å²) in [6.07, 6.45) is 4.44. The summed E-state index contributed by atoms with van der Waals surface area (Å²) < 4.78 is 0. The molecule has 1 aliphatic carbocycles. The van der Waals surface area contributed by atoms with Gasteiger partial charge in [-0.3, -0.25) is 4.90 Å². The number of hydrogen-bond acceptors (Lipinski definition) is 2. The zero-order chi connectivity index (χ0) is 19.1. The Morgan fingerprint density at radius 2 is 1.56 bits per heavy atom. The molecular formula is C24H31N3. The van der Waals surface area contributed by atoms with Crippen LogP contribution in [0, 0.1) is 6.92 Å². The minimum absolute atomic E-state index is 0.0391. The number of aromatic amines is 1. The SMILES string of the molecule is Cc1c(C2(CN)CCC(c3ccccc3)(N(C)C)CC2)[nH]c2ccccc12. The van der Waals surface area contributed by atoms with Crippen molar-refractivity contribution in [2.45, 2.75) is 43.6 Å². The van der Waals surface area contributed by atoms with Crippen LogP contribution in [0.3, 0.4) is 0 Å². The van der Waals surface area contributed by atoms with Crippen LogP contribution in [0.15, 0.2) is 54.6 Å². The summed E-state index contributed by atoms with van der Waals surface area (Å²) in [4.78, 5) is 6.15. The highest BCUT2D eigenvalue weighted by molar-refractivity contribution is 5.84. The molecule has 0 aliphatic heterocycles. The molecule has 1 fully saturated rings. The Bertz CT molecular complexity index is 915. The molecule has 1 aromatic heterocycles.